The third-order valence-electron chi connectivity index (χ3n) is 2.89. The molecule has 1 heterocycles. The molecule has 1 aromatic rings. The number of carboxylic acids is 1. The maximum atomic E-state index is 11.8. The minimum Gasteiger partial charge on any atom is -0.480 e. The first-order chi connectivity index (χ1) is 8.68. The van der Waals surface area contributed by atoms with Crippen molar-refractivity contribution in [3.05, 3.63) is 35.9 Å². The number of carboxylic acid groups (broad SMARTS) is 1. The van der Waals surface area contributed by atoms with E-state index in [1.807, 2.05) is 18.2 Å². The zero-order chi connectivity index (χ0) is 13.0. The van der Waals surface area contributed by atoms with Crippen molar-refractivity contribution in [3.63, 3.8) is 0 Å². The monoisotopic (exact) mass is 243 g/mol. The van der Waals surface area contributed by atoms with Gasteiger partial charge in [-0.05, 0) is 25.0 Å². The topological polar surface area (TPSA) is 57.6 Å². The number of hydrogen-bond donors (Lipinski definition) is 1. The molecule has 1 amide bonds. The molecular weight excluding hydrogens is 230 g/mol. The first-order valence-electron chi connectivity index (χ1n) is 5.79. The average Bonchev–Trinajstić information content (AvgIpc) is 2.86. The summed E-state index contributed by atoms with van der Waals surface area (Å²) in [6.07, 6.45) is 1.23. The molecule has 0 aliphatic carbocycles. The molecule has 1 atom stereocenters. The highest BCUT2D eigenvalue weighted by atomic mass is 16.4. The Morgan fingerprint density at radius 3 is 2.67 bits per heavy atom. The predicted octanol–water partition coefficient (Wildman–Crippen LogP) is 1.11. The highest BCUT2D eigenvalue weighted by Crippen LogP contribution is 2.17. The van der Waals surface area contributed by atoms with Crippen LogP contribution in [0.4, 0.5) is 0 Å². The lowest BCUT2D eigenvalue weighted by Crippen LogP contribution is -2.39. The zero-order valence-electron chi connectivity index (χ0n) is 9.80. The van der Waals surface area contributed by atoms with Gasteiger partial charge in [0.05, 0.1) is 0 Å². The number of nitrogens with zero attached hydrogens (tertiary/aromatic N) is 1. The van der Waals surface area contributed by atoms with E-state index >= 15 is 0 Å². The zero-order valence-corrected chi connectivity index (χ0v) is 9.80. The van der Waals surface area contributed by atoms with Crippen LogP contribution in [0.5, 0.6) is 0 Å². The first kappa shape index (κ1) is 12.2. The third-order valence-corrected chi connectivity index (χ3v) is 2.89. The van der Waals surface area contributed by atoms with Crippen LogP contribution in [0.2, 0.25) is 0 Å². The van der Waals surface area contributed by atoms with Gasteiger partial charge in [0, 0.05) is 18.0 Å². The molecule has 0 aromatic heterocycles. The van der Waals surface area contributed by atoms with E-state index in [2.05, 4.69) is 11.8 Å². The van der Waals surface area contributed by atoms with Crippen LogP contribution in [-0.4, -0.2) is 34.5 Å². The Morgan fingerprint density at radius 2 is 2.00 bits per heavy atom. The quantitative estimate of drug-likeness (QED) is 0.752. The fourth-order valence-corrected chi connectivity index (χ4v) is 1.99. The van der Waals surface area contributed by atoms with Gasteiger partial charge in [0.1, 0.15) is 6.04 Å². The van der Waals surface area contributed by atoms with Gasteiger partial charge >= 0.3 is 5.97 Å². The SMILES string of the molecule is O=C(O)[C@H]1CCCN1C(=O)C#Cc1ccccc1. The van der Waals surface area contributed by atoms with Gasteiger partial charge in [0.25, 0.3) is 5.91 Å². The van der Waals surface area contributed by atoms with Crippen LogP contribution in [0.25, 0.3) is 0 Å². The number of hydrogen-bond acceptors (Lipinski definition) is 2. The number of likely N-dealkylation sites (tertiary alicyclic amines) is 1. The van der Waals surface area contributed by atoms with Crippen LogP contribution in [0.15, 0.2) is 30.3 Å². The van der Waals surface area contributed by atoms with Crippen LogP contribution in [0.1, 0.15) is 18.4 Å². The van der Waals surface area contributed by atoms with Crippen molar-refractivity contribution < 1.29 is 14.7 Å². The summed E-state index contributed by atoms with van der Waals surface area (Å²) in [5, 5.41) is 8.98. The highest BCUT2D eigenvalue weighted by molar-refractivity contribution is 5.96. The maximum Gasteiger partial charge on any atom is 0.326 e. The summed E-state index contributed by atoms with van der Waals surface area (Å²) >= 11 is 0. The van der Waals surface area contributed by atoms with E-state index in [0.29, 0.717) is 13.0 Å². The standard InChI is InChI=1S/C14H13NO3/c16-13(9-8-11-5-2-1-3-6-11)15-10-4-7-12(15)14(17)18/h1-3,5-6,12H,4,7,10H2,(H,17,18)/t12-/m1/s1. The summed E-state index contributed by atoms with van der Waals surface area (Å²) in [6, 6.07) is 8.43. The molecule has 92 valence electrons. The minimum atomic E-state index is -0.956. The van der Waals surface area contributed by atoms with Gasteiger partial charge in [0.2, 0.25) is 0 Å². The summed E-state index contributed by atoms with van der Waals surface area (Å²) < 4.78 is 0. The summed E-state index contributed by atoms with van der Waals surface area (Å²) in [4.78, 5) is 24.1. The largest absolute Gasteiger partial charge is 0.480 e. The smallest absolute Gasteiger partial charge is 0.326 e. The van der Waals surface area contributed by atoms with E-state index < -0.39 is 17.9 Å². The second-order valence-electron chi connectivity index (χ2n) is 4.11. The Kier molecular flexibility index (Phi) is 3.63. The molecule has 1 N–H and O–H groups in total. The fourth-order valence-electron chi connectivity index (χ4n) is 1.99. The molecule has 18 heavy (non-hydrogen) atoms. The van der Waals surface area contributed by atoms with Crippen LogP contribution < -0.4 is 0 Å². The van der Waals surface area contributed by atoms with Gasteiger partial charge in [-0.1, -0.05) is 24.1 Å². The Balaban J connectivity index is 2.09. The second-order valence-corrected chi connectivity index (χ2v) is 4.11. The molecule has 1 aliphatic heterocycles. The van der Waals surface area contributed by atoms with E-state index in [1.54, 1.807) is 12.1 Å². The van der Waals surface area contributed by atoms with Crippen molar-refractivity contribution in [2.45, 2.75) is 18.9 Å². The molecule has 2 rings (SSSR count). The van der Waals surface area contributed by atoms with Gasteiger partial charge in [-0.15, -0.1) is 0 Å². The molecule has 1 fully saturated rings. The number of carbonyl (C=O) groups excluding carboxylic acids is 1. The van der Waals surface area contributed by atoms with Crippen LogP contribution in [-0.2, 0) is 9.59 Å². The van der Waals surface area contributed by atoms with Gasteiger partial charge < -0.3 is 10.0 Å². The average molecular weight is 243 g/mol. The van der Waals surface area contributed by atoms with Crippen LogP contribution >= 0.6 is 0 Å². The summed E-state index contributed by atoms with van der Waals surface area (Å²) in [7, 11) is 0. The number of benzene rings is 1. The number of aliphatic carboxylic acids is 1. The Bertz CT molecular complexity index is 513. The van der Waals surface area contributed by atoms with Crippen molar-refractivity contribution in [1.29, 1.82) is 0 Å². The van der Waals surface area contributed by atoms with Crippen LogP contribution in [0.3, 0.4) is 0 Å². The van der Waals surface area contributed by atoms with Crippen molar-refractivity contribution in [2.75, 3.05) is 6.54 Å². The predicted molar refractivity (Wildman–Crippen MR) is 65.7 cm³/mol. The van der Waals surface area contributed by atoms with Gasteiger partial charge in [-0.3, -0.25) is 4.79 Å². The lowest BCUT2D eigenvalue weighted by atomic mass is 10.2. The second kappa shape index (κ2) is 5.37. The van der Waals surface area contributed by atoms with Crippen molar-refractivity contribution in [2.24, 2.45) is 0 Å². The van der Waals surface area contributed by atoms with E-state index in [9.17, 15) is 9.59 Å². The molecule has 1 saturated heterocycles. The van der Waals surface area contributed by atoms with Crippen LogP contribution in [0, 0.1) is 11.8 Å². The summed E-state index contributed by atoms with van der Waals surface area (Å²) in [5.74, 6) is 3.88. The normalized spacial score (nSPS) is 18.0. The third kappa shape index (κ3) is 2.69. The Morgan fingerprint density at radius 1 is 1.28 bits per heavy atom. The lowest BCUT2D eigenvalue weighted by Gasteiger charge is -2.17. The number of carbonyl (C=O) groups is 2. The molecule has 4 nitrogen and oxygen atoms in total. The fraction of sp³-hybridized carbons (Fsp3) is 0.286. The van der Waals surface area contributed by atoms with Crippen molar-refractivity contribution in [1.82, 2.24) is 4.90 Å². The van der Waals surface area contributed by atoms with E-state index in [1.165, 1.54) is 4.90 Å². The van der Waals surface area contributed by atoms with Gasteiger partial charge in [-0.2, -0.15) is 0 Å². The molecule has 1 aromatic carbocycles. The molecule has 4 heteroatoms. The first-order valence-corrected chi connectivity index (χ1v) is 5.79. The summed E-state index contributed by atoms with van der Waals surface area (Å²) in [5.41, 5.74) is 0.747. The maximum absolute atomic E-state index is 11.8. The molecule has 1 aliphatic rings. The van der Waals surface area contributed by atoms with Crippen molar-refractivity contribution in [3.8, 4) is 11.8 Å². The number of rotatable bonds is 1. The molecule has 0 saturated carbocycles. The lowest BCUT2D eigenvalue weighted by molar-refractivity contribution is -0.146. The molecule has 0 radical (unpaired) electrons. The van der Waals surface area contributed by atoms with Crippen molar-refractivity contribution >= 4 is 11.9 Å². The number of amides is 1. The molecule has 0 unspecified atom stereocenters. The van der Waals surface area contributed by atoms with E-state index in [-0.39, 0.29) is 0 Å². The Labute approximate surface area is 105 Å². The molecule has 0 spiro atoms. The molecular formula is C14H13NO3. The summed E-state index contributed by atoms with van der Waals surface area (Å²) in [6.45, 7) is 0.471. The highest BCUT2D eigenvalue weighted by Gasteiger charge is 2.33. The van der Waals surface area contributed by atoms with Gasteiger partial charge in [-0.25, -0.2) is 4.79 Å². The minimum absolute atomic E-state index is 0.413. The van der Waals surface area contributed by atoms with E-state index in [0.717, 1.165) is 12.0 Å². The Hall–Kier alpha value is -2.28. The van der Waals surface area contributed by atoms with E-state index in [4.69, 9.17) is 5.11 Å². The van der Waals surface area contributed by atoms with Gasteiger partial charge in [0.15, 0.2) is 0 Å². The molecule has 0 bridgehead atoms.